The second kappa shape index (κ2) is 6.62. The maximum absolute atomic E-state index is 10.9. The van der Waals surface area contributed by atoms with Crippen LogP contribution in [-0.2, 0) is 6.42 Å². The normalized spacial score (nSPS) is 10.5. The summed E-state index contributed by atoms with van der Waals surface area (Å²) in [5.74, 6) is 1.26. The van der Waals surface area contributed by atoms with E-state index in [1.165, 1.54) is 35.4 Å². The van der Waals surface area contributed by atoms with Gasteiger partial charge in [-0.25, -0.2) is 9.97 Å². The molecule has 2 aromatic heterocycles. The van der Waals surface area contributed by atoms with E-state index in [-0.39, 0.29) is 5.69 Å². The lowest BCUT2D eigenvalue weighted by atomic mass is 10.4. The van der Waals surface area contributed by atoms with Gasteiger partial charge in [-0.05, 0) is 30.2 Å². The van der Waals surface area contributed by atoms with Crippen LogP contribution in [0.4, 0.5) is 11.5 Å². The van der Waals surface area contributed by atoms with Crippen molar-refractivity contribution in [3.8, 4) is 0 Å². The van der Waals surface area contributed by atoms with E-state index in [1.807, 2.05) is 13.8 Å². The van der Waals surface area contributed by atoms with Crippen molar-refractivity contribution >= 4 is 34.8 Å². The summed E-state index contributed by atoms with van der Waals surface area (Å²) in [6.07, 6.45) is 0.766. The average molecular weight is 311 g/mol. The van der Waals surface area contributed by atoms with Crippen LogP contribution in [0.2, 0.25) is 0 Å². The molecule has 1 N–H and O–H groups in total. The highest BCUT2D eigenvalue weighted by atomic mass is 32.2. The van der Waals surface area contributed by atoms with Crippen molar-refractivity contribution < 1.29 is 4.92 Å². The van der Waals surface area contributed by atoms with Crippen LogP contribution >= 0.6 is 23.3 Å². The molecule has 106 valence electrons. The highest BCUT2D eigenvalue weighted by molar-refractivity contribution is 8.00. The number of pyridine rings is 1. The summed E-state index contributed by atoms with van der Waals surface area (Å²) in [7, 11) is 0. The van der Waals surface area contributed by atoms with Crippen molar-refractivity contribution in [3.05, 3.63) is 28.1 Å². The van der Waals surface area contributed by atoms with Crippen LogP contribution in [0.5, 0.6) is 0 Å². The number of hydrogen-bond donors (Lipinski definition) is 1. The van der Waals surface area contributed by atoms with Gasteiger partial charge < -0.3 is 5.32 Å². The molecule has 0 saturated heterocycles. The molecule has 2 aromatic rings. The van der Waals surface area contributed by atoms with Gasteiger partial charge in [0.25, 0.3) is 5.69 Å². The van der Waals surface area contributed by atoms with Crippen molar-refractivity contribution in [1.82, 2.24) is 14.3 Å². The molecule has 0 aromatic carbocycles. The number of nitrogens with zero attached hydrogens (tertiary/aromatic N) is 4. The van der Waals surface area contributed by atoms with E-state index in [0.717, 1.165) is 16.6 Å². The predicted molar refractivity (Wildman–Crippen MR) is 78.5 cm³/mol. The van der Waals surface area contributed by atoms with Gasteiger partial charge in [-0.2, -0.15) is 4.37 Å². The van der Waals surface area contributed by atoms with Gasteiger partial charge in [-0.15, -0.1) is 0 Å². The summed E-state index contributed by atoms with van der Waals surface area (Å²) >= 11 is 2.56. The van der Waals surface area contributed by atoms with Crippen molar-refractivity contribution in [1.29, 1.82) is 0 Å². The first-order valence-electron chi connectivity index (χ1n) is 6.03. The second-order valence-corrected chi connectivity index (χ2v) is 5.79. The molecule has 0 saturated carbocycles. The molecule has 9 heteroatoms. The molecule has 0 unspecified atom stereocenters. The molecule has 0 bridgehead atoms. The Morgan fingerprint density at radius 3 is 2.80 bits per heavy atom. The van der Waals surface area contributed by atoms with Gasteiger partial charge in [0, 0.05) is 19.0 Å². The summed E-state index contributed by atoms with van der Waals surface area (Å²) < 4.78 is 4.91. The molecule has 0 radical (unpaired) electrons. The Labute approximate surface area is 124 Å². The molecule has 2 heterocycles. The van der Waals surface area contributed by atoms with E-state index in [4.69, 9.17) is 0 Å². The minimum atomic E-state index is -0.426. The Morgan fingerprint density at radius 2 is 2.20 bits per heavy atom. The largest absolute Gasteiger partial charge is 0.370 e. The number of hydrogen-bond acceptors (Lipinski definition) is 8. The molecule has 0 aliphatic heterocycles. The summed E-state index contributed by atoms with van der Waals surface area (Å²) in [4.78, 5) is 19.1. The second-order valence-electron chi connectivity index (χ2n) is 3.77. The van der Waals surface area contributed by atoms with Gasteiger partial charge in [0.1, 0.15) is 16.7 Å². The predicted octanol–water partition coefficient (Wildman–Crippen LogP) is 2.99. The van der Waals surface area contributed by atoms with E-state index in [1.54, 1.807) is 0 Å². The Bertz CT molecular complexity index is 617. The number of anilines is 1. The number of aromatic nitrogens is 3. The fraction of sp³-hybridized carbons (Fsp3) is 0.364. The van der Waals surface area contributed by atoms with Gasteiger partial charge in [0.15, 0.2) is 4.34 Å². The fourth-order valence-electron chi connectivity index (χ4n) is 1.43. The van der Waals surface area contributed by atoms with E-state index >= 15 is 0 Å². The lowest BCUT2D eigenvalue weighted by Crippen LogP contribution is -2.01. The van der Waals surface area contributed by atoms with Crippen LogP contribution in [0.15, 0.2) is 21.5 Å². The molecule has 0 aliphatic rings. The third-order valence-corrected chi connectivity index (χ3v) is 4.02. The first kappa shape index (κ1) is 14.7. The summed E-state index contributed by atoms with van der Waals surface area (Å²) in [6, 6.07) is 2.86. The fourth-order valence-corrected chi connectivity index (χ4v) is 3.10. The quantitative estimate of drug-likeness (QED) is 0.647. The molecular weight excluding hydrogens is 298 g/mol. The Kier molecular flexibility index (Phi) is 4.85. The van der Waals surface area contributed by atoms with Gasteiger partial charge in [-0.3, -0.25) is 10.1 Å². The van der Waals surface area contributed by atoms with Crippen LogP contribution < -0.4 is 5.32 Å². The van der Waals surface area contributed by atoms with E-state index in [9.17, 15) is 10.1 Å². The lowest BCUT2D eigenvalue weighted by Gasteiger charge is -2.04. The van der Waals surface area contributed by atoms with Crippen LogP contribution in [0.1, 0.15) is 19.7 Å². The van der Waals surface area contributed by atoms with Crippen LogP contribution in [-0.4, -0.2) is 25.8 Å². The summed E-state index contributed by atoms with van der Waals surface area (Å²) in [5.41, 5.74) is 0.0127. The standard InChI is InChI=1S/C11H13N5O2S2/c1-3-8-14-11(20-15-8)19-10-6-7(16(17)18)5-9(13-10)12-4-2/h5-6H,3-4H2,1-2H3,(H,12,13). The molecule has 7 nitrogen and oxygen atoms in total. The lowest BCUT2D eigenvalue weighted by molar-refractivity contribution is -0.385. The van der Waals surface area contributed by atoms with Gasteiger partial charge in [0.05, 0.1) is 11.0 Å². The minimum Gasteiger partial charge on any atom is -0.370 e. The van der Waals surface area contributed by atoms with Crippen LogP contribution in [0.3, 0.4) is 0 Å². The Balaban J connectivity index is 2.27. The highest BCUT2D eigenvalue weighted by Gasteiger charge is 2.13. The van der Waals surface area contributed by atoms with Gasteiger partial charge in [-0.1, -0.05) is 6.92 Å². The molecule has 0 fully saturated rings. The molecule has 2 rings (SSSR count). The monoisotopic (exact) mass is 311 g/mol. The van der Waals surface area contributed by atoms with Crippen LogP contribution in [0, 0.1) is 10.1 Å². The molecule has 0 amide bonds. The number of aryl methyl sites for hydroxylation is 1. The van der Waals surface area contributed by atoms with Gasteiger partial charge in [0.2, 0.25) is 0 Å². The Morgan fingerprint density at radius 1 is 1.40 bits per heavy atom. The first-order chi connectivity index (χ1) is 9.62. The van der Waals surface area contributed by atoms with Crippen molar-refractivity contribution in [2.24, 2.45) is 0 Å². The van der Waals surface area contributed by atoms with E-state index < -0.39 is 4.92 Å². The van der Waals surface area contributed by atoms with Crippen molar-refractivity contribution in [2.45, 2.75) is 29.6 Å². The third-order valence-electron chi connectivity index (χ3n) is 2.31. The maximum Gasteiger partial charge on any atom is 0.275 e. The summed E-state index contributed by atoms with van der Waals surface area (Å²) in [6.45, 7) is 4.54. The van der Waals surface area contributed by atoms with Gasteiger partial charge >= 0.3 is 0 Å². The molecule has 0 spiro atoms. The van der Waals surface area contributed by atoms with Crippen molar-refractivity contribution in [3.63, 3.8) is 0 Å². The minimum absolute atomic E-state index is 0.0127. The maximum atomic E-state index is 10.9. The topological polar surface area (TPSA) is 93.8 Å². The van der Waals surface area contributed by atoms with E-state index in [2.05, 4.69) is 19.7 Å². The molecule has 20 heavy (non-hydrogen) atoms. The molecule has 0 atom stereocenters. The SMILES string of the molecule is CCNc1cc([N+](=O)[O-])cc(Sc2nc(CC)ns2)n1. The zero-order valence-electron chi connectivity index (χ0n) is 11.0. The zero-order chi connectivity index (χ0) is 14.5. The summed E-state index contributed by atoms with van der Waals surface area (Å²) in [5, 5.41) is 14.4. The van der Waals surface area contributed by atoms with Crippen LogP contribution in [0.25, 0.3) is 0 Å². The number of rotatable bonds is 6. The first-order valence-corrected chi connectivity index (χ1v) is 7.62. The average Bonchev–Trinajstić information content (AvgIpc) is 2.86. The number of nitro groups is 1. The Hall–Kier alpha value is -1.74. The third kappa shape index (κ3) is 3.64. The van der Waals surface area contributed by atoms with E-state index in [0.29, 0.717) is 17.4 Å². The number of nitrogens with one attached hydrogen (secondary N) is 1. The smallest absolute Gasteiger partial charge is 0.275 e. The molecular formula is C11H13N5O2S2. The molecule has 0 aliphatic carbocycles. The zero-order valence-corrected chi connectivity index (χ0v) is 12.6. The van der Waals surface area contributed by atoms with Crippen molar-refractivity contribution in [2.75, 3.05) is 11.9 Å². The highest BCUT2D eigenvalue weighted by Crippen LogP contribution is 2.31.